The average molecular weight is 405 g/mol. The molecule has 0 saturated heterocycles. The fourth-order valence-corrected chi connectivity index (χ4v) is 3.62. The third-order valence-corrected chi connectivity index (χ3v) is 5.40. The summed E-state index contributed by atoms with van der Waals surface area (Å²) in [5, 5.41) is 11.4. The lowest BCUT2D eigenvalue weighted by Crippen LogP contribution is -2.20. The monoisotopic (exact) mass is 405 g/mol. The van der Waals surface area contributed by atoms with Crippen molar-refractivity contribution in [2.45, 2.75) is 18.5 Å². The van der Waals surface area contributed by atoms with Crippen LogP contribution in [0, 0.1) is 0 Å². The Balaban J connectivity index is 1.48. The van der Waals surface area contributed by atoms with Crippen LogP contribution in [-0.2, 0) is 11.2 Å². The van der Waals surface area contributed by atoms with E-state index in [-0.39, 0.29) is 22.9 Å². The molecule has 4 rings (SSSR count). The summed E-state index contributed by atoms with van der Waals surface area (Å²) in [6, 6.07) is 17.1. The minimum atomic E-state index is -0.265. The number of para-hydroxylation sites is 1. The minimum absolute atomic E-state index is 0.145. The largest absolute Gasteiger partial charge is 0.325 e. The number of hydrogen-bond donors (Lipinski definition) is 1. The maximum Gasteiger partial charge on any atom is 0.300 e. The van der Waals surface area contributed by atoms with Gasteiger partial charge in [0.15, 0.2) is 5.16 Å². The van der Waals surface area contributed by atoms with E-state index in [4.69, 9.17) is 0 Å². The average Bonchev–Trinajstić information content (AvgIpc) is 3.18. The molecule has 0 spiro atoms. The highest BCUT2D eigenvalue weighted by Gasteiger charge is 2.13. The van der Waals surface area contributed by atoms with Gasteiger partial charge in [-0.05, 0) is 36.2 Å². The molecule has 0 bridgehead atoms. The van der Waals surface area contributed by atoms with E-state index in [1.165, 1.54) is 21.9 Å². The number of thioether (sulfide) groups is 1. The fraction of sp³-hybridized carbons (Fsp3) is 0.143. The molecule has 1 amide bonds. The molecule has 0 saturated carbocycles. The van der Waals surface area contributed by atoms with E-state index in [1.807, 2.05) is 54.6 Å². The van der Waals surface area contributed by atoms with Gasteiger partial charge in [-0.15, -0.1) is 10.2 Å². The van der Waals surface area contributed by atoms with Crippen LogP contribution in [0.1, 0.15) is 12.5 Å². The number of carbonyl (C=O) groups is 1. The molecule has 0 fully saturated rings. The van der Waals surface area contributed by atoms with Gasteiger partial charge in [-0.1, -0.05) is 49.0 Å². The first kappa shape index (κ1) is 18.9. The number of nitrogens with zero attached hydrogens (tertiary/aromatic N) is 4. The van der Waals surface area contributed by atoms with E-state index >= 15 is 0 Å². The van der Waals surface area contributed by atoms with Gasteiger partial charge in [0.2, 0.25) is 11.6 Å². The summed E-state index contributed by atoms with van der Waals surface area (Å²) in [7, 11) is 0. The van der Waals surface area contributed by atoms with Crippen molar-refractivity contribution in [3.63, 3.8) is 0 Å². The Kier molecular flexibility index (Phi) is 5.44. The van der Waals surface area contributed by atoms with Crippen molar-refractivity contribution in [1.82, 2.24) is 19.2 Å². The van der Waals surface area contributed by atoms with Crippen molar-refractivity contribution in [1.29, 1.82) is 0 Å². The molecule has 2 aromatic carbocycles. The summed E-state index contributed by atoms with van der Waals surface area (Å²) in [5.74, 6) is 0.0200. The van der Waals surface area contributed by atoms with Crippen LogP contribution in [0.15, 0.2) is 76.9 Å². The molecule has 0 aliphatic carbocycles. The van der Waals surface area contributed by atoms with Crippen LogP contribution in [-0.4, -0.2) is 30.8 Å². The summed E-state index contributed by atoms with van der Waals surface area (Å²) in [5.41, 5.74) is 2.68. The van der Waals surface area contributed by atoms with E-state index in [0.717, 1.165) is 17.8 Å². The molecule has 8 heteroatoms. The maximum atomic E-state index is 12.7. The van der Waals surface area contributed by atoms with Crippen molar-refractivity contribution >= 4 is 29.0 Å². The molecule has 4 aromatic rings. The molecule has 7 nitrogen and oxygen atoms in total. The highest BCUT2D eigenvalue weighted by molar-refractivity contribution is 7.99. The van der Waals surface area contributed by atoms with Crippen LogP contribution in [0.2, 0.25) is 0 Å². The van der Waals surface area contributed by atoms with Gasteiger partial charge in [-0.3, -0.25) is 18.6 Å². The Labute approximate surface area is 171 Å². The van der Waals surface area contributed by atoms with Gasteiger partial charge in [-0.25, -0.2) is 0 Å². The lowest BCUT2D eigenvalue weighted by molar-refractivity contribution is -0.113. The second-order valence-corrected chi connectivity index (χ2v) is 7.31. The molecule has 0 radical (unpaired) electrons. The Bertz CT molecular complexity index is 1200. The van der Waals surface area contributed by atoms with Crippen LogP contribution in [0.3, 0.4) is 0 Å². The van der Waals surface area contributed by atoms with Crippen LogP contribution >= 0.6 is 11.8 Å². The van der Waals surface area contributed by atoms with E-state index in [1.54, 1.807) is 16.8 Å². The summed E-state index contributed by atoms with van der Waals surface area (Å²) in [6.07, 6.45) is 4.36. The van der Waals surface area contributed by atoms with Gasteiger partial charge in [-0.2, -0.15) is 0 Å². The summed E-state index contributed by atoms with van der Waals surface area (Å²) >= 11 is 1.23. The van der Waals surface area contributed by atoms with Crippen LogP contribution in [0.4, 0.5) is 5.69 Å². The zero-order chi connectivity index (χ0) is 20.2. The molecule has 29 heavy (non-hydrogen) atoms. The molecule has 146 valence electrons. The molecule has 0 unspecified atom stereocenters. The van der Waals surface area contributed by atoms with E-state index < -0.39 is 0 Å². The number of aryl methyl sites for hydroxylation is 1. The van der Waals surface area contributed by atoms with Gasteiger partial charge >= 0.3 is 5.56 Å². The summed E-state index contributed by atoms with van der Waals surface area (Å²) in [4.78, 5) is 25.0. The van der Waals surface area contributed by atoms with Gasteiger partial charge in [0.1, 0.15) is 0 Å². The van der Waals surface area contributed by atoms with Gasteiger partial charge in [0.05, 0.1) is 5.75 Å². The van der Waals surface area contributed by atoms with Crippen molar-refractivity contribution in [3.8, 4) is 5.69 Å². The molecule has 2 aromatic heterocycles. The Morgan fingerprint density at radius 1 is 1.03 bits per heavy atom. The first-order valence-corrected chi connectivity index (χ1v) is 10.2. The van der Waals surface area contributed by atoms with Crippen molar-refractivity contribution in [3.05, 3.63) is 82.9 Å². The Morgan fingerprint density at radius 2 is 1.79 bits per heavy atom. The molecule has 0 aliphatic rings. The second-order valence-electron chi connectivity index (χ2n) is 6.37. The molecule has 2 heterocycles. The minimum Gasteiger partial charge on any atom is -0.325 e. The predicted molar refractivity (Wildman–Crippen MR) is 114 cm³/mol. The van der Waals surface area contributed by atoms with Gasteiger partial charge in [0, 0.05) is 23.8 Å². The molecular formula is C21H19N5O2S. The van der Waals surface area contributed by atoms with Crippen LogP contribution in [0.25, 0.3) is 11.3 Å². The number of benzene rings is 2. The third-order valence-electron chi connectivity index (χ3n) is 4.45. The van der Waals surface area contributed by atoms with E-state index in [0.29, 0.717) is 5.16 Å². The maximum absolute atomic E-state index is 12.7. The van der Waals surface area contributed by atoms with Crippen molar-refractivity contribution < 1.29 is 4.79 Å². The molecule has 1 N–H and O–H groups in total. The third kappa shape index (κ3) is 4.07. The van der Waals surface area contributed by atoms with E-state index in [2.05, 4.69) is 22.4 Å². The molecule has 0 atom stereocenters. The molecular weight excluding hydrogens is 386 g/mol. The lowest BCUT2D eigenvalue weighted by atomic mass is 10.1. The smallest absolute Gasteiger partial charge is 0.300 e. The van der Waals surface area contributed by atoms with Crippen molar-refractivity contribution in [2.75, 3.05) is 11.1 Å². The number of nitrogens with one attached hydrogen (secondary N) is 1. The summed E-state index contributed by atoms with van der Waals surface area (Å²) in [6.45, 7) is 2.09. The number of rotatable bonds is 6. The first-order valence-electron chi connectivity index (χ1n) is 9.19. The number of anilines is 1. The SMILES string of the molecule is CCc1ccc(NC(=O)CSc2nnc3c(=O)n(-c4ccccc4)ccn23)cc1. The predicted octanol–water partition coefficient (Wildman–Crippen LogP) is 3.17. The lowest BCUT2D eigenvalue weighted by Gasteiger charge is -2.07. The van der Waals surface area contributed by atoms with E-state index in [9.17, 15) is 9.59 Å². The Hall–Kier alpha value is -3.39. The highest BCUT2D eigenvalue weighted by atomic mass is 32.2. The normalized spacial score (nSPS) is 10.9. The highest BCUT2D eigenvalue weighted by Crippen LogP contribution is 2.17. The second kappa shape index (κ2) is 8.32. The number of hydrogen-bond acceptors (Lipinski definition) is 5. The summed E-state index contributed by atoms with van der Waals surface area (Å²) < 4.78 is 3.13. The molecule has 0 aliphatic heterocycles. The standard InChI is InChI=1S/C21H19N5O2S/c1-2-15-8-10-16(11-9-15)22-18(27)14-29-21-24-23-19-20(28)25(12-13-26(19)21)17-6-4-3-5-7-17/h3-13H,2,14H2,1H3,(H,22,27). The first-order chi connectivity index (χ1) is 14.2. The number of fused-ring (bicyclic) bond motifs is 1. The topological polar surface area (TPSA) is 81.3 Å². The van der Waals surface area contributed by atoms with Crippen LogP contribution in [0.5, 0.6) is 0 Å². The Morgan fingerprint density at radius 3 is 2.52 bits per heavy atom. The quantitative estimate of drug-likeness (QED) is 0.498. The number of amides is 1. The number of aromatic nitrogens is 4. The van der Waals surface area contributed by atoms with Gasteiger partial charge < -0.3 is 5.32 Å². The van der Waals surface area contributed by atoms with Crippen molar-refractivity contribution in [2.24, 2.45) is 0 Å². The zero-order valence-electron chi connectivity index (χ0n) is 15.8. The van der Waals surface area contributed by atoms with Crippen LogP contribution < -0.4 is 10.9 Å². The fourth-order valence-electron chi connectivity index (χ4n) is 2.91. The number of carbonyl (C=O) groups excluding carboxylic acids is 1. The zero-order valence-corrected chi connectivity index (χ0v) is 16.6. The van der Waals surface area contributed by atoms with Gasteiger partial charge in [0.25, 0.3) is 0 Å².